The molecule has 5 aliphatic carbocycles. The maximum Gasteiger partial charge on any atom is 0.155 e. The lowest BCUT2D eigenvalue weighted by molar-refractivity contribution is -0.139. The number of carbonyl (C=O) groups excluding carboxylic acids is 1. The van der Waals surface area contributed by atoms with Crippen LogP contribution in [0.15, 0.2) is 23.8 Å². The number of fused-ring (bicyclic) bond motifs is 9. The molecule has 0 aromatic rings. The van der Waals surface area contributed by atoms with Gasteiger partial charge in [-0.05, 0) is 85.7 Å². The SMILES string of the molecule is CC12CCC3C4CCC(=O)C=C4C=CC3C1C1C[C@H]1C21CCCO1. The molecule has 6 aliphatic rings. The summed E-state index contributed by atoms with van der Waals surface area (Å²) in [5, 5.41) is 0. The minimum absolute atomic E-state index is 0.222. The first-order chi connectivity index (χ1) is 11.6. The third-order valence-electron chi connectivity index (χ3n) is 9.05. The highest BCUT2D eigenvalue weighted by atomic mass is 16.5. The zero-order valence-electron chi connectivity index (χ0n) is 14.7. The third-order valence-corrected chi connectivity index (χ3v) is 9.05. The van der Waals surface area contributed by atoms with Gasteiger partial charge < -0.3 is 4.74 Å². The Balaban J connectivity index is 1.42. The van der Waals surface area contributed by atoms with E-state index in [-0.39, 0.29) is 5.60 Å². The highest BCUT2D eigenvalue weighted by Gasteiger charge is 2.76. The molecule has 0 bridgehead atoms. The Morgan fingerprint density at radius 3 is 2.96 bits per heavy atom. The average Bonchev–Trinajstić information content (AvgIpc) is 3.13. The first-order valence-electron chi connectivity index (χ1n) is 10.2. The van der Waals surface area contributed by atoms with E-state index in [0.717, 1.165) is 49.0 Å². The fourth-order valence-electron chi connectivity index (χ4n) is 8.16. The van der Waals surface area contributed by atoms with Crippen LogP contribution < -0.4 is 0 Å². The van der Waals surface area contributed by atoms with Gasteiger partial charge >= 0.3 is 0 Å². The van der Waals surface area contributed by atoms with Gasteiger partial charge in [-0.15, -0.1) is 0 Å². The van der Waals surface area contributed by atoms with E-state index >= 15 is 0 Å². The number of rotatable bonds is 0. The first kappa shape index (κ1) is 14.3. The summed E-state index contributed by atoms with van der Waals surface area (Å²) in [7, 11) is 0. The standard InChI is InChI=1S/C22H28O2/c1-21-9-7-16-15-6-4-14(23)11-13(15)3-5-17(16)20(21)18-12-19(18)22(21)8-2-10-24-22/h3,5,11,15-20H,2,4,6-10,12H2,1H3/t15?,16?,17?,18?,19-,20?,21?,22?/m1/s1. The number of carbonyl (C=O) groups is 1. The molecule has 2 nitrogen and oxygen atoms in total. The Kier molecular flexibility index (Phi) is 2.64. The zero-order valence-corrected chi connectivity index (χ0v) is 14.7. The quantitative estimate of drug-likeness (QED) is 0.664. The molecule has 2 heteroatoms. The zero-order chi connectivity index (χ0) is 16.1. The lowest BCUT2D eigenvalue weighted by Crippen LogP contribution is -2.54. The second kappa shape index (κ2) is 4.44. The molecular formula is C22H28O2. The molecular weight excluding hydrogens is 296 g/mol. The van der Waals surface area contributed by atoms with Crippen molar-refractivity contribution in [1.29, 1.82) is 0 Å². The molecule has 0 N–H and O–H groups in total. The number of ether oxygens (including phenoxy) is 1. The summed E-state index contributed by atoms with van der Waals surface area (Å²) < 4.78 is 6.55. The summed E-state index contributed by atoms with van der Waals surface area (Å²) in [6.07, 6.45) is 15.3. The van der Waals surface area contributed by atoms with Crippen molar-refractivity contribution < 1.29 is 9.53 Å². The number of ketones is 1. The minimum Gasteiger partial charge on any atom is -0.374 e. The number of hydrogen-bond donors (Lipinski definition) is 0. The van der Waals surface area contributed by atoms with E-state index in [0.29, 0.717) is 17.1 Å². The predicted molar refractivity (Wildman–Crippen MR) is 92.3 cm³/mol. The highest BCUT2D eigenvalue weighted by Crippen LogP contribution is 2.77. The summed E-state index contributed by atoms with van der Waals surface area (Å²) in [5.74, 6) is 5.11. The van der Waals surface area contributed by atoms with E-state index in [9.17, 15) is 4.79 Å². The topological polar surface area (TPSA) is 26.3 Å². The molecule has 0 radical (unpaired) electrons. The molecule has 8 atom stereocenters. The van der Waals surface area contributed by atoms with Gasteiger partial charge in [0.05, 0.1) is 5.60 Å². The fourth-order valence-corrected chi connectivity index (χ4v) is 8.16. The van der Waals surface area contributed by atoms with Crippen molar-refractivity contribution in [3.8, 4) is 0 Å². The number of allylic oxidation sites excluding steroid dienone is 4. The normalized spacial score (nSPS) is 57.2. The van der Waals surface area contributed by atoms with Crippen molar-refractivity contribution in [3.05, 3.63) is 23.8 Å². The van der Waals surface area contributed by atoms with Gasteiger partial charge in [0, 0.05) is 18.4 Å². The summed E-state index contributed by atoms with van der Waals surface area (Å²) >= 11 is 0. The minimum atomic E-state index is 0.222. The van der Waals surface area contributed by atoms with Crippen LogP contribution in [0.1, 0.15) is 51.9 Å². The van der Waals surface area contributed by atoms with Crippen molar-refractivity contribution in [2.24, 2.45) is 40.9 Å². The van der Waals surface area contributed by atoms with Crippen LogP contribution in [0.3, 0.4) is 0 Å². The largest absolute Gasteiger partial charge is 0.374 e. The molecule has 0 amide bonds. The van der Waals surface area contributed by atoms with Gasteiger partial charge in [0.15, 0.2) is 5.78 Å². The van der Waals surface area contributed by atoms with Crippen molar-refractivity contribution >= 4 is 5.78 Å². The molecule has 1 heterocycles. The van der Waals surface area contributed by atoms with Gasteiger partial charge in [-0.3, -0.25) is 4.79 Å². The maximum absolute atomic E-state index is 11.8. The van der Waals surface area contributed by atoms with Gasteiger partial charge in [-0.25, -0.2) is 0 Å². The van der Waals surface area contributed by atoms with Crippen molar-refractivity contribution in [1.82, 2.24) is 0 Å². The second-order valence-electron chi connectivity index (χ2n) is 9.69. The van der Waals surface area contributed by atoms with E-state index in [2.05, 4.69) is 19.1 Å². The Labute approximate surface area is 144 Å². The third kappa shape index (κ3) is 1.51. The second-order valence-corrected chi connectivity index (χ2v) is 9.69. The Morgan fingerprint density at radius 2 is 2.12 bits per heavy atom. The Morgan fingerprint density at radius 1 is 1.21 bits per heavy atom. The van der Waals surface area contributed by atoms with E-state index in [1.54, 1.807) is 0 Å². The summed E-state index contributed by atoms with van der Waals surface area (Å²) in [5.41, 5.74) is 1.96. The fraction of sp³-hybridized carbons (Fsp3) is 0.773. The van der Waals surface area contributed by atoms with Gasteiger partial charge in [0.2, 0.25) is 0 Å². The van der Waals surface area contributed by atoms with Gasteiger partial charge in [-0.2, -0.15) is 0 Å². The highest BCUT2D eigenvalue weighted by molar-refractivity contribution is 5.91. The Hall–Kier alpha value is -0.890. The first-order valence-corrected chi connectivity index (χ1v) is 10.2. The number of hydrogen-bond acceptors (Lipinski definition) is 2. The summed E-state index contributed by atoms with van der Waals surface area (Å²) in [6, 6.07) is 0. The smallest absolute Gasteiger partial charge is 0.155 e. The molecule has 1 spiro atoms. The van der Waals surface area contributed by atoms with E-state index < -0.39 is 0 Å². The average molecular weight is 324 g/mol. The van der Waals surface area contributed by atoms with E-state index in [4.69, 9.17) is 4.74 Å². The molecule has 3 saturated carbocycles. The van der Waals surface area contributed by atoms with Crippen LogP contribution >= 0.6 is 0 Å². The van der Waals surface area contributed by atoms with E-state index in [1.165, 1.54) is 37.7 Å². The lowest BCUT2D eigenvalue weighted by atomic mass is 9.50. The van der Waals surface area contributed by atoms with Crippen LogP contribution in [-0.4, -0.2) is 18.0 Å². The summed E-state index contributed by atoms with van der Waals surface area (Å²) in [6.45, 7) is 3.57. The van der Waals surface area contributed by atoms with Gasteiger partial charge in [0.25, 0.3) is 0 Å². The van der Waals surface area contributed by atoms with Crippen LogP contribution in [0.2, 0.25) is 0 Å². The molecule has 0 aromatic heterocycles. The van der Waals surface area contributed by atoms with Crippen LogP contribution in [0, 0.1) is 40.9 Å². The molecule has 128 valence electrons. The molecule has 1 saturated heterocycles. The lowest BCUT2D eigenvalue weighted by Gasteiger charge is -2.56. The van der Waals surface area contributed by atoms with Crippen LogP contribution in [0.5, 0.6) is 0 Å². The van der Waals surface area contributed by atoms with Gasteiger partial charge in [0.1, 0.15) is 0 Å². The molecule has 24 heavy (non-hydrogen) atoms. The van der Waals surface area contributed by atoms with Gasteiger partial charge in [-0.1, -0.05) is 19.1 Å². The molecule has 4 fully saturated rings. The van der Waals surface area contributed by atoms with Crippen LogP contribution in [0.4, 0.5) is 0 Å². The molecule has 6 rings (SSSR count). The van der Waals surface area contributed by atoms with Crippen molar-refractivity contribution in [2.45, 2.75) is 57.5 Å². The predicted octanol–water partition coefficient (Wildman–Crippen LogP) is 4.31. The van der Waals surface area contributed by atoms with Crippen LogP contribution in [0.25, 0.3) is 0 Å². The van der Waals surface area contributed by atoms with Crippen molar-refractivity contribution in [3.63, 3.8) is 0 Å². The van der Waals surface area contributed by atoms with Crippen molar-refractivity contribution in [2.75, 3.05) is 6.61 Å². The summed E-state index contributed by atoms with van der Waals surface area (Å²) in [4.78, 5) is 11.8. The molecule has 0 aromatic carbocycles. The Bertz CT molecular complexity index is 667. The maximum atomic E-state index is 11.8. The molecule has 7 unspecified atom stereocenters. The van der Waals surface area contributed by atoms with E-state index in [1.807, 2.05) is 6.08 Å². The molecule has 1 aliphatic heterocycles. The monoisotopic (exact) mass is 324 g/mol. The van der Waals surface area contributed by atoms with Crippen LogP contribution in [-0.2, 0) is 9.53 Å².